The number of rotatable bonds is 12. The fraction of sp³-hybridized carbons (Fsp3) is 0.333. The minimum absolute atomic E-state index is 0.0446. The number of aromatic nitrogens is 1. The maximum atomic E-state index is 12.7. The molecule has 0 bridgehead atoms. The van der Waals surface area contributed by atoms with E-state index >= 15 is 0 Å². The van der Waals surface area contributed by atoms with Gasteiger partial charge in [-0.15, -0.1) is 0 Å². The maximum Gasteiger partial charge on any atom is 0.303 e. The molecule has 0 saturated carbocycles. The number of benzene rings is 2. The van der Waals surface area contributed by atoms with E-state index in [1.54, 1.807) is 18.2 Å². The molecule has 0 aliphatic heterocycles. The molecule has 1 heterocycles. The van der Waals surface area contributed by atoms with Gasteiger partial charge in [-0.05, 0) is 61.2 Å². The number of carboxylic acids is 1. The number of nitrogens with one attached hydrogen (secondary N) is 1. The Morgan fingerprint density at radius 3 is 2.70 bits per heavy atom. The lowest BCUT2D eigenvalue weighted by Gasteiger charge is -2.11. The molecular formula is C27H32N2O4. The number of hydrogen-bond donors (Lipinski definition) is 2. The van der Waals surface area contributed by atoms with Gasteiger partial charge in [-0.3, -0.25) is 9.59 Å². The van der Waals surface area contributed by atoms with Crippen molar-refractivity contribution >= 4 is 34.0 Å². The van der Waals surface area contributed by atoms with Gasteiger partial charge in [0.25, 0.3) is 0 Å². The third-order valence-electron chi connectivity index (χ3n) is 5.51. The summed E-state index contributed by atoms with van der Waals surface area (Å²) in [6.07, 6.45) is 7.76. The zero-order valence-electron chi connectivity index (χ0n) is 19.3. The Morgan fingerprint density at radius 1 is 1.09 bits per heavy atom. The van der Waals surface area contributed by atoms with Gasteiger partial charge in [0.1, 0.15) is 5.75 Å². The molecule has 0 aliphatic carbocycles. The molecule has 0 radical (unpaired) electrons. The van der Waals surface area contributed by atoms with Crippen LogP contribution in [0.1, 0.15) is 51.5 Å². The number of carboxylic acid groups (broad SMARTS) is 1. The smallest absolute Gasteiger partial charge is 0.303 e. The Hall–Kier alpha value is -3.54. The van der Waals surface area contributed by atoms with Crippen molar-refractivity contribution < 1.29 is 19.4 Å². The second kappa shape index (κ2) is 11.9. The topological polar surface area (TPSA) is 80.6 Å². The lowest BCUT2D eigenvalue weighted by Crippen LogP contribution is -2.11. The van der Waals surface area contributed by atoms with Crippen molar-refractivity contribution in [3.63, 3.8) is 0 Å². The Kier molecular flexibility index (Phi) is 8.70. The highest BCUT2D eigenvalue weighted by Gasteiger charge is 2.09. The average Bonchev–Trinajstić information content (AvgIpc) is 3.20. The number of fused-ring (bicyclic) bond motifs is 1. The van der Waals surface area contributed by atoms with Crippen LogP contribution in [-0.2, 0) is 16.1 Å². The van der Waals surface area contributed by atoms with Crippen molar-refractivity contribution in [3.8, 4) is 5.75 Å². The number of carbonyl (C=O) groups is 2. The van der Waals surface area contributed by atoms with E-state index in [0.717, 1.165) is 23.1 Å². The summed E-state index contributed by atoms with van der Waals surface area (Å²) >= 11 is 0. The van der Waals surface area contributed by atoms with Crippen molar-refractivity contribution in [1.29, 1.82) is 0 Å². The van der Waals surface area contributed by atoms with Crippen LogP contribution in [0.2, 0.25) is 0 Å². The molecule has 0 spiro atoms. The highest BCUT2D eigenvalue weighted by atomic mass is 16.5. The van der Waals surface area contributed by atoms with Crippen molar-refractivity contribution in [2.75, 3.05) is 11.9 Å². The second-order valence-electron chi connectivity index (χ2n) is 8.15. The SMILES string of the molecule is CCCCCn1ccc2cc(/C(C)=C/C(=O)Nc3ccccc3OCCCC(=O)O)ccc21. The van der Waals surface area contributed by atoms with Crippen LogP contribution >= 0.6 is 0 Å². The van der Waals surface area contributed by atoms with Crippen molar-refractivity contribution in [2.45, 2.75) is 52.5 Å². The van der Waals surface area contributed by atoms with E-state index in [1.165, 1.54) is 24.8 Å². The first kappa shape index (κ1) is 24.1. The average molecular weight is 449 g/mol. The van der Waals surface area contributed by atoms with Gasteiger partial charge in [-0.2, -0.15) is 0 Å². The quantitative estimate of drug-likeness (QED) is 0.258. The van der Waals surface area contributed by atoms with Crippen molar-refractivity contribution in [2.24, 2.45) is 0 Å². The van der Waals surface area contributed by atoms with E-state index in [1.807, 2.05) is 19.1 Å². The predicted molar refractivity (Wildman–Crippen MR) is 133 cm³/mol. The van der Waals surface area contributed by atoms with Crippen LogP contribution in [0, 0.1) is 0 Å². The number of ether oxygens (including phenoxy) is 1. The van der Waals surface area contributed by atoms with Gasteiger partial charge < -0.3 is 19.7 Å². The summed E-state index contributed by atoms with van der Waals surface area (Å²) in [4.78, 5) is 23.3. The zero-order valence-corrected chi connectivity index (χ0v) is 19.3. The Balaban J connectivity index is 1.66. The van der Waals surface area contributed by atoms with E-state index in [2.05, 4.69) is 47.3 Å². The first-order valence-electron chi connectivity index (χ1n) is 11.5. The number of allylic oxidation sites excluding steroid dienone is 1. The Bertz CT molecular complexity index is 1130. The van der Waals surface area contributed by atoms with Gasteiger partial charge in [0, 0.05) is 36.1 Å². The van der Waals surface area contributed by atoms with E-state index in [0.29, 0.717) is 17.9 Å². The summed E-state index contributed by atoms with van der Waals surface area (Å²) in [6, 6.07) is 15.6. The molecule has 6 heteroatoms. The molecule has 0 unspecified atom stereocenters. The molecule has 174 valence electrons. The molecule has 1 amide bonds. The third kappa shape index (κ3) is 6.97. The fourth-order valence-electron chi connectivity index (χ4n) is 3.72. The molecule has 6 nitrogen and oxygen atoms in total. The molecule has 33 heavy (non-hydrogen) atoms. The molecule has 3 aromatic rings. The van der Waals surface area contributed by atoms with Crippen LogP contribution in [0.4, 0.5) is 5.69 Å². The highest BCUT2D eigenvalue weighted by Crippen LogP contribution is 2.25. The number of para-hydroxylation sites is 2. The minimum atomic E-state index is -0.855. The number of aliphatic carboxylic acids is 1. The number of aryl methyl sites for hydroxylation is 1. The van der Waals surface area contributed by atoms with E-state index in [9.17, 15) is 9.59 Å². The molecular weight excluding hydrogens is 416 g/mol. The summed E-state index contributed by atoms with van der Waals surface area (Å²) in [5.74, 6) is -0.577. The summed E-state index contributed by atoms with van der Waals surface area (Å²) in [6.45, 7) is 5.42. The normalized spacial score (nSPS) is 11.5. The van der Waals surface area contributed by atoms with Crippen molar-refractivity contribution in [1.82, 2.24) is 4.57 Å². The Morgan fingerprint density at radius 2 is 1.91 bits per heavy atom. The van der Waals surface area contributed by atoms with Gasteiger partial charge in [0.15, 0.2) is 0 Å². The first-order chi connectivity index (χ1) is 16.0. The number of hydrogen-bond acceptors (Lipinski definition) is 3. The number of carbonyl (C=O) groups excluding carboxylic acids is 1. The molecule has 0 atom stereocenters. The summed E-state index contributed by atoms with van der Waals surface area (Å²) in [7, 11) is 0. The van der Waals surface area contributed by atoms with Crippen LogP contribution in [0.3, 0.4) is 0 Å². The van der Waals surface area contributed by atoms with Gasteiger partial charge in [-0.1, -0.05) is 38.0 Å². The zero-order chi connectivity index (χ0) is 23.6. The number of anilines is 1. The van der Waals surface area contributed by atoms with Gasteiger partial charge in [0.2, 0.25) is 5.91 Å². The Labute approximate surface area is 194 Å². The van der Waals surface area contributed by atoms with Crippen LogP contribution in [0.5, 0.6) is 5.75 Å². The standard InChI is InChI=1S/C27H32N2O4/c1-3-4-7-15-29-16-14-22-19-21(12-13-24(22)29)20(2)18-26(30)28-23-9-5-6-10-25(23)33-17-8-11-27(31)32/h5-6,9-10,12-14,16,18-19H,3-4,7-8,11,15,17H2,1-2H3,(H,28,30)(H,31,32)/b20-18+. The first-order valence-corrected chi connectivity index (χ1v) is 11.5. The van der Waals surface area contributed by atoms with Gasteiger partial charge >= 0.3 is 5.97 Å². The molecule has 0 fully saturated rings. The number of nitrogens with zero attached hydrogens (tertiary/aromatic N) is 1. The lowest BCUT2D eigenvalue weighted by molar-refractivity contribution is -0.137. The summed E-state index contributed by atoms with van der Waals surface area (Å²) in [5, 5.41) is 12.8. The number of unbranched alkanes of at least 4 members (excludes halogenated alkanes) is 2. The molecule has 0 saturated heterocycles. The highest BCUT2D eigenvalue weighted by molar-refractivity contribution is 6.04. The van der Waals surface area contributed by atoms with Crippen LogP contribution < -0.4 is 10.1 Å². The molecule has 0 aliphatic rings. The molecule has 2 N–H and O–H groups in total. The molecule has 1 aromatic heterocycles. The second-order valence-corrected chi connectivity index (χ2v) is 8.15. The van der Waals surface area contributed by atoms with Crippen LogP contribution in [0.25, 0.3) is 16.5 Å². The summed E-state index contributed by atoms with van der Waals surface area (Å²) in [5.41, 5.74) is 3.64. The third-order valence-corrected chi connectivity index (χ3v) is 5.51. The maximum absolute atomic E-state index is 12.7. The van der Waals surface area contributed by atoms with E-state index < -0.39 is 5.97 Å². The van der Waals surface area contributed by atoms with Crippen LogP contribution in [0.15, 0.2) is 60.8 Å². The van der Waals surface area contributed by atoms with E-state index in [4.69, 9.17) is 9.84 Å². The van der Waals surface area contributed by atoms with Gasteiger partial charge in [0.05, 0.1) is 12.3 Å². The largest absolute Gasteiger partial charge is 0.491 e. The molecule has 3 rings (SSSR count). The van der Waals surface area contributed by atoms with E-state index in [-0.39, 0.29) is 18.9 Å². The predicted octanol–water partition coefficient (Wildman–Crippen LogP) is 6.12. The monoisotopic (exact) mass is 448 g/mol. The molecule has 2 aromatic carbocycles. The number of amides is 1. The van der Waals surface area contributed by atoms with Crippen molar-refractivity contribution in [3.05, 3.63) is 66.4 Å². The minimum Gasteiger partial charge on any atom is -0.491 e. The lowest BCUT2D eigenvalue weighted by atomic mass is 10.0. The van der Waals surface area contributed by atoms with Gasteiger partial charge in [-0.25, -0.2) is 0 Å². The fourth-order valence-corrected chi connectivity index (χ4v) is 3.72. The summed E-state index contributed by atoms with van der Waals surface area (Å²) < 4.78 is 7.95. The van der Waals surface area contributed by atoms with Crippen LogP contribution in [-0.4, -0.2) is 28.2 Å².